The number of aliphatic carboxylic acids is 1. The largest absolute Gasteiger partial charge is 0.480 e. The number of carbonyl (C=O) groups excluding carboxylic acids is 1. The number of amides is 2. The van der Waals surface area contributed by atoms with Crippen molar-refractivity contribution in [1.82, 2.24) is 20.2 Å². The fourth-order valence-electron chi connectivity index (χ4n) is 2.15. The van der Waals surface area contributed by atoms with Gasteiger partial charge in [0, 0.05) is 25.5 Å². The predicted molar refractivity (Wildman–Crippen MR) is 72.1 cm³/mol. The highest BCUT2D eigenvalue weighted by molar-refractivity contribution is 5.86. The number of nitrogens with zero attached hydrogens (tertiary/aromatic N) is 2. The number of urea groups is 1. The molecule has 0 bridgehead atoms. The van der Waals surface area contributed by atoms with Gasteiger partial charge in [-0.05, 0) is 32.1 Å². The van der Waals surface area contributed by atoms with E-state index in [9.17, 15) is 14.7 Å². The molecule has 0 aromatic carbocycles. The van der Waals surface area contributed by atoms with Crippen LogP contribution in [0.15, 0.2) is 18.7 Å². The molecule has 0 saturated heterocycles. The molecule has 2 amide bonds. The molecule has 1 heterocycles. The number of imidazole rings is 1. The summed E-state index contributed by atoms with van der Waals surface area (Å²) in [5, 5.41) is 14.5. The fourth-order valence-corrected chi connectivity index (χ4v) is 2.15. The first-order chi connectivity index (χ1) is 9.52. The lowest BCUT2D eigenvalue weighted by Crippen LogP contribution is -2.56. The van der Waals surface area contributed by atoms with Gasteiger partial charge in [0.05, 0.1) is 6.33 Å². The van der Waals surface area contributed by atoms with E-state index in [1.54, 1.807) is 19.4 Å². The first-order valence-electron chi connectivity index (χ1n) is 6.77. The number of carboxylic acids is 1. The average Bonchev–Trinajstić information content (AvgIpc) is 3.13. The number of hydrogen-bond donors (Lipinski definition) is 3. The highest BCUT2D eigenvalue weighted by Crippen LogP contribution is 2.39. The summed E-state index contributed by atoms with van der Waals surface area (Å²) in [6.07, 6.45) is 7.74. The van der Waals surface area contributed by atoms with E-state index in [0.717, 1.165) is 25.8 Å². The molecule has 1 saturated carbocycles. The summed E-state index contributed by atoms with van der Waals surface area (Å²) in [4.78, 5) is 27.0. The van der Waals surface area contributed by atoms with Crippen molar-refractivity contribution in [3.05, 3.63) is 18.7 Å². The van der Waals surface area contributed by atoms with Gasteiger partial charge in [-0.15, -0.1) is 0 Å². The van der Waals surface area contributed by atoms with Crippen molar-refractivity contribution in [2.75, 3.05) is 6.54 Å². The lowest BCUT2D eigenvalue weighted by molar-refractivity contribution is -0.144. The van der Waals surface area contributed by atoms with Gasteiger partial charge in [-0.2, -0.15) is 0 Å². The first-order valence-corrected chi connectivity index (χ1v) is 6.77. The zero-order valence-corrected chi connectivity index (χ0v) is 11.5. The Kier molecular flexibility index (Phi) is 4.26. The van der Waals surface area contributed by atoms with Crippen LogP contribution >= 0.6 is 0 Å². The quantitative estimate of drug-likeness (QED) is 0.644. The molecule has 0 spiro atoms. The van der Waals surface area contributed by atoms with Gasteiger partial charge in [0.15, 0.2) is 0 Å². The monoisotopic (exact) mass is 280 g/mol. The Hall–Kier alpha value is -2.05. The molecule has 0 radical (unpaired) electrons. The number of nitrogens with one attached hydrogen (secondary N) is 2. The third kappa shape index (κ3) is 3.49. The molecule has 1 aliphatic rings. The second-order valence-electron chi connectivity index (χ2n) is 5.32. The number of rotatable bonds is 7. The Balaban J connectivity index is 1.70. The molecule has 1 fully saturated rings. The third-order valence-electron chi connectivity index (χ3n) is 3.65. The van der Waals surface area contributed by atoms with E-state index >= 15 is 0 Å². The average molecular weight is 280 g/mol. The Labute approximate surface area is 117 Å². The summed E-state index contributed by atoms with van der Waals surface area (Å²) in [6, 6.07) is -0.424. The molecular weight excluding hydrogens is 260 g/mol. The fraction of sp³-hybridized carbons (Fsp3) is 0.615. The van der Waals surface area contributed by atoms with Crippen molar-refractivity contribution < 1.29 is 14.7 Å². The minimum absolute atomic E-state index is 0.0386. The molecule has 1 aromatic rings. The summed E-state index contributed by atoms with van der Waals surface area (Å²) in [5.74, 6) is -0.940. The molecule has 1 aromatic heterocycles. The summed E-state index contributed by atoms with van der Waals surface area (Å²) < 4.78 is 1.92. The van der Waals surface area contributed by atoms with Crippen LogP contribution in [0.5, 0.6) is 0 Å². The number of aryl methyl sites for hydroxylation is 1. The van der Waals surface area contributed by atoms with Crippen molar-refractivity contribution in [2.45, 2.75) is 38.3 Å². The molecule has 7 nitrogen and oxygen atoms in total. The maximum Gasteiger partial charge on any atom is 0.329 e. The molecule has 110 valence electrons. The van der Waals surface area contributed by atoms with Crippen LogP contribution in [-0.2, 0) is 11.3 Å². The van der Waals surface area contributed by atoms with Crippen LogP contribution in [0.25, 0.3) is 0 Å². The smallest absolute Gasteiger partial charge is 0.329 e. The molecule has 0 aliphatic heterocycles. The zero-order chi connectivity index (χ0) is 14.6. The third-order valence-corrected chi connectivity index (χ3v) is 3.65. The van der Waals surface area contributed by atoms with Crippen molar-refractivity contribution >= 4 is 12.0 Å². The van der Waals surface area contributed by atoms with Crippen molar-refractivity contribution in [1.29, 1.82) is 0 Å². The van der Waals surface area contributed by atoms with E-state index in [2.05, 4.69) is 15.6 Å². The van der Waals surface area contributed by atoms with Crippen LogP contribution in [-0.4, -0.2) is 38.7 Å². The molecule has 1 unspecified atom stereocenters. The zero-order valence-electron chi connectivity index (χ0n) is 11.5. The first kappa shape index (κ1) is 14.4. The number of aromatic nitrogens is 2. The van der Waals surface area contributed by atoms with Gasteiger partial charge < -0.3 is 20.3 Å². The lowest BCUT2D eigenvalue weighted by atomic mass is 9.96. The molecule has 1 atom stereocenters. The predicted octanol–water partition coefficient (Wildman–Crippen LogP) is 0.826. The Bertz CT molecular complexity index is 470. The van der Waals surface area contributed by atoms with Gasteiger partial charge in [-0.25, -0.2) is 14.6 Å². The highest BCUT2D eigenvalue weighted by atomic mass is 16.4. The summed E-state index contributed by atoms with van der Waals surface area (Å²) >= 11 is 0. The Morgan fingerprint density at radius 3 is 2.80 bits per heavy atom. The lowest BCUT2D eigenvalue weighted by Gasteiger charge is -2.26. The summed E-state index contributed by atoms with van der Waals surface area (Å²) in [6.45, 7) is 2.82. The van der Waals surface area contributed by atoms with E-state index in [4.69, 9.17) is 0 Å². The van der Waals surface area contributed by atoms with Gasteiger partial charge in [0.2, 0.25) is 0 Å². The normalized spacial score (nSPS) is 17.2. The molecular formula is C13H20N4O3. The van der Waals surface area contributed by atoms with E-state index < -0.39 is 17.5 Å². The Morgan fingerprint density at radius 1 is 1.50 bits per heavy atom. The van der Waals surface area contributed by atoms with E-state index in [1.165, 1.54) is 0 Å². The number of carboxylic acid groups (broad SMARTS) is 1. The Morgan fingerprint density at radius 2 is 2.25 bits per heavy atom. The van der Waals surface area contributed by atoms with Crippen molar-refractivity contribution in [3.63, 3.8) is 0 Å². The minimum Gasteiger partial charge on any atom is -0.480 e. The van der Waals surface area contributed by atoms with Crippen LogP contribution in [0.4, 0.5) is 4.79 Å². The summed E-state index contributed by atoms with van der Waals surface area (Å²) in [5.41, 5.74) is -1.16. The minimum atomic E-state index is -1.16. The van der Waals surface area contributed by atoms with Gasteiger partial charge in [-0.1, -0.05) is 0 Å². The van der Waals surface area contributed by atoms with Gasteiger partial charge in [-0.3, -0.25) is 0 Å². The van der Waals surface area contributed by atoms with E-state index in [-0.39, 0.29) is 5.92 Å². The molecule has 3 N–H and O–H groups in total. The highest BCUT2D eigenvalue weighted by Gasteiger charge is 2.48. The standard InChI is InChI=1S/C13H20N4O3/c1-13(11(18)19,10-3-4-10)16-12(20)15-5-2-7-17-8-6-14-9-17/h6,8-10H,2-5,7H2,1H3,(H,18,19)(H2,15,16,20). The maximum absolute atomic E-state index is 11.8. The number of carbonyl (C=O) groups is 2. The molecule has 7 heteroatoms. The molecule has 2 rings (SSSR count). The van der Waals surface area contributed by atoms with Crippen LogP contribution in [0.3, 0.4) is 0 Å². The van der Waals surface area contributed by atoms with Gasteiger partial charge >= 0.3 is 12.0 Å². The second kappa shape index (κ2) is 5.94. The molecule has 20 heavy (non-hydrogen) atoms. The van der Waals surface area contributed by atoms with Crippen LogP contribution in [0, 0.1) is 5.92 Å². The molecule has 1 aliphatic carbocycles. The van der Waals surface area contributed by atoms with Crippen molar-refractivity contribution in [2.24, 2.45) is 5.92 Å². The van der Waals surface area contributed by atoms with E-state index in [0.29, 0.717) is 6.54 Å². The number of hydrogen-bond acceptors (Lipinski definition) is 3. The second-order valence-corrected chi connectivity index (χ2v) is 5.32. The van der Waals surface area contributed by atoms with E-state index in [1.807, 2.05) is 10.8 Å². The SMILES string of the molecule is CC(NC(=O)NCCCn1ccnc1)(C(=O)O)C1CC1. The summed E-state index contributed by atoms with van der Waals surface area (Å²) in [7, 11) is 0. The maximum atomic E-state index is 11.8. The topological polar surface area (TPSA) is 96.3 Å². The van der Waals surface area contributed by atoms with Crippen molar-refractivity contribution in [3.8, 4) is 0 Å². The van der Waals surface area contributed by atoms with Crippen LogP contribution < -0.4 is 10.6 Å². The van der Waals surface area contributed by atoms with Crippen LogP contribution in [0.1, 0.15) is 26.2 Å². The van der Waals surface area contributed by atoms with Gasteiger partial charge in [0.1, 0.15) is 5.54 Å². The van der Waals surface area contributed by atoms with Crippen LogP contribution in [0.2, 0.25) is 0 Å². The van der Waals surface area contributed by atoms with Gasteiger partial charge in [0.25, 0.3) is 0 Å².